The molecule has 1 unspecified atom stereocenters. The lowest BCUT2D eigenvalue weighted by molar-refractivity contribution is -0.121. The van der Waals surface area contributed by atoms with E-state index in [0.717, 1.165) is 0 Å². The van der Waals surface area contributed by atoms with Gasteiger partial charge in [0.15, 0.2) is 11.5 Å². The van der Waals surface area contributed by atoms with Crippen molar-refractivity contribution in [3.63, 3.8) is 0 Å². The van der Waals surface area contributed by atoms with Crippen molar-refractivity contribution in [1.82, 2.24) is 24.4 Å². The maximum absolute atomic E-state index is 11.6. The molecule has 1 atom stereocenters. The van der Waals surface area contributed by atoms with Crippen LogP contribution >= 0.6 is 0 Å². The Morgan fingerprint density at radius 1 is 1.52 bits per heavy atom. The first-order valence-corrected chi connectivity index (χ1v) is 6.33. The summed E-state index contributed by atoms with van der Waals surface area (Å²) < 4.78 is 1.64. The normalized spacial score (nSPS) is 12.7. The van der Waals surface area contributed by atoms with Crippen molar-refractivity contribution in [3.8, 4) is 0 Å². The van der Waals surface area contributed by atoms with Crippen molar-refractivity contribution in [2.24, 2.45) is 10.7 Å². The number of amides is 1. The molecular weight excluding hydrogens is 270 g/mol. The van der Waals surface area contributed by atoms with Crippen LogP contribution in [0.4, 0.5) is 5.82 Å². The molecule has 2 N–H and O–H groups in total. The topological polar surface area (TPSA) is 102 Å². The van der Waals surface area contributed by atoms with Gasteiger partial charge < -0.3 is 15.2 Å². The molecule has 0 spiro atoms. The summed E-state index contributed by atoms with van der Waals surface area (Å²) in [5.74, 6) is -0.0397. The fraction of sp³-hybridized carbons (Fsp3) is 0.308. The number of imidazole rings is 1. The van der Waals surface area contributed by atoms with Gasteiger partial charge in [0.25, 0.3) is 0 Å². The molecule has 0 aliphatic rings. The highest BCUT2D eigenvalue weighted by Gasteiger charge is 2.21. The van der Waals surface area contributed by atoms with Crippen molar-refractivity contribution in [2.75, 3.05) is 14.1 Å². The van der Waals surface area contributed by atoms with Gasteiger partial charge in [-0.15, -0.1) is 6.58 Å². The van der Waals surface area contributed by atoms with E-state index in [1.54, 1.807) is 21.9 Å². The quantitative estimate of drug-likeness (QED) is 0.477. The summed E-state index contributed by atoms with van der Waals surface area (Å²) in [7, 11) is 3.70. The minimum absolute atomic E-state index is 0.395. The van der Waals surface area contributed by atoms with Crippen LogP contribution in [0.25, 0.3) is 11.2 Å². The van der Waals surface area contributed by atoms with Crippen LogP contribution in [-0.4, -0.2) is 50.8 Å². The predicted molar refractivity (Wildman–Crippen MR) is 80.2 cm³/mol. The Morgan fingerprint density at radius 2 is 2.29 bits per heavy atom. The van der Waals surface area contributed by atoms with Crippen molar-refractivity contribution in [3.05, 3.63) is 25.3 Å². The lowest BCUT2D eigenvalue weighted by atomic mass is 10.2. The summed E-state index contributed by atoms with van der Waals surface area (Å²) in [4.78, 5) is 30.1. The zero-order chi connectivity index (χ0) is 15.4. The zero-order valence-electron chi connectivity index (χ0n) is 12.0. The Morgan fingerprint density at radius 3 is 2.90 bits per heavy atom. The van der Waals surface area contributed by atoms with E-state index in [1.165, 1.54) is 12.7 Å². The fourth-order valence-electron chi connectivity index (χ4n) is 1.89. The van der Waals surface area contributed by atoms with Crippen LogP contribution in [0.5, 0.6) is 0 Å². The molecule has 1 amide bonds. The largest absolute Gasteiger partial charge is 0.369 e. The molecule has 0 saturated heterocycles. The number of primary amides is 1. The standard InChI is InChI=1S/C13H17N7O/c1-4-5-9(11(14)21)20-8-18-13-10(20)12(15-6-16-13)17-7-19(2)3/h4,6-9H,1,5H2,2-3H3,(H2,14,21). The fourth-order valence-corrected chi connectivity index (χ4v) is 1.89. The predicted octanol–water partition coefficient (Wildman–Crippen LogP) is 0.650. The second-order valence-corrected chi connectivity index (χ2v) is 4.67. The molecule has 8 nitrogen and oxygen atoms in total. The molecule has 2 aromatic rings. The number of rotatable bonds is 6. The Balaban J connectivity index is 2.59. The Hall–Kier alpha value is -2.77. The van der Waals surface area contributed by atoms with Crippen molar-refractivity contribution in [1.29, 1.82) is 0 Å². The highest BCUT2D eigenvalue weighted by Crippen LogP contribution is 2.25. The number of hydrogen-bond donors (Lipinski definition) is 1. The highest BCUT2D eigenvalue weighted by molar-refractivity contribution is 5.86. The number of hydrogen-bond acceptors (Lipinski definition) is 5. The molecule has 0 aromatic carbocycles. The second-order valence-electron chi connectivity index (χ2n) is 4.67. The third-order valence-corrected chi connectivity index (χ3v) is 2.81. The maximum atomic E-state index is 11.6. The summed E-state index contributed by atoms with van der Waals surface area (Å²) in [6, 6.07) is -0.591. The minimum Gasteiger partial charge on any atom is -0.369 e. The van der Waals surface area contributed by atoms with E-state index in [2.05, 4.69) is 26.5 Å². The molecule has 0 radical (unpaired) electrons. The lowest BCUT2D eigenvalue weighted by Gasteiger charge is -2.14. The molecule has 0 aliphatic heterocycles. The third-order valence-electron chi connectivity index (χ3n) is 2.81. The number of nitrogens with zero attached hydrogens (tertiary/aromatic N) is 6. The van der Waals surface area contributed by atoms with E-state index >= 15 is 0 Å². The van der Waals surface area contributed by atoms with Crippen LogP contribution in [-0.2, 0) is 4.79 Å². The van der Waals surface area contributed by atoms with Gasteiger partial charge in [-0.1, -0.05) is 6.08 Å². The van der Waals surface area contributed by atoms with Crippen LogP contribution in [0.15, 0.2) is 30.3 Å². The number of nitrogens with two attached hydrogens (primary N) is 1. The van der Waals surface area contributed by atoms with Gasteiger partial charge in [-0.25, -0.2) is 19.9 Å². The molecule has 110 valence electrons. The number of aliphatic imine (C=N–C) groups is 1. The van der Waals surface area contributed by atoms with Gasteiger partial charge in [0.1, 0.15) is 17.9 Å². The van der Waals surface area contributed by atoms with Gasteiger partial charge in [-0.3, -0.25) is 4.79 Å². The summed E-state index contributed by atoms with van der Waals surface area (Å²) in [6.45, 7) is 3.65. The van der Waals surface area contributed by atoms with E-state index in [1.807, 2.05) is 14.1 Å². The van der Waals surface area contributed by atoms with Crippen LogP contribution in [0, 0.1) is 0 Å². The van der Waals surface area contributed by atoms with E-state index < -0.39 is 11.9 Å². The van der Waals surface area contributed by atoms with Gasteiger partial charge >= 0.3 is 0 Å². The molecule has 2 heterocycles. The molecule has 0 fully saturated rings. The van der Waals surface area contributed by atoms with Crippen LogP contribution in [0.2, 0.25) is 0 Å². The molecular formula is C13H17N7O. The average Bonchev–Trinajstić information content (AvgIpc) is 2.86. The minimum atomic E-state index is -0.591. The van der Waals surface area contributed by atoms with Crippen LogP contribution in [0.3, 0.4) is 0 Å². The van der Waals surface area contributed by atoms with Gasteiger partial charge in [-0.2, -0.15) is 0 Å². The smallest absolute Gasteiger partial charge is 0.240 e. The third kappa shape index (κ3) is 3.04. The molecule has 2 rings (SSSR count). The highest BCUT2D eigenvalue weighted by atomic mass is 16.1. The van der Waals surface area contributed by atoms with E-state index in [-0.39, 0.29) is 0 Å². The molecule has 0 bridgehead atoms. The van der Waals surface area contributed by atoms with E-state index in [4.69, 9.17) is 5.73 Å². The van der Waals surface area contributed by atoms with Crippen molar-refractivity contribution >= 4 is 29.2 Å². The monoisotopic (exact) mass is 287 g/mol. The SMILES string of the molecule is C=CCC(C(N)=O)n1cnc2ncnc(N=CN(C)C)c21. The molecule has 21 heavy (non-hydrogen) atoms. The molecule has 0 aliphatic carbocycles. The first kappa shape index (κ1) is 14.6. The van der Waals surface area contributed by atoms with E-state index in [9.17, 15) is 4.79 Å². The number of fused-ring (bicyclic) bond motifs is 1. The van der Waals surface area contributed by atoms with Gasteiger partial charge in [0.05, 0.1) is 12.7 Å². The summed E-state index contributed by atoms with van der Waals surface area (Å²) in [5, 5.41) is 0. The van der Waals surface area contributed by atoms with Crippen LogP contribution in [0.1, 0.15) is 12.5 Å². The number of carbonyl (C=O) groups is 1. The number of aromatic nitrogens is 4. The number of allylic oxidation sites excluding steroid dienone is 1. The summed E-state index contributed by atoms with van der Waals surface area (Å²) in [6.07, 6.45) is 6.55. The Bertz CT molecular complexity index is 689. The summed E-state index contributed by atoms with van der Waals surface area (Å²) >= 11 is 0. The van der Waals surface area contributed by atoms with Crippen LogP contribution < -0.4 is 5.73 Å². The van der Waals surface area contributed by atoms with Gasteiger partial charge in [0.2, 0.25) is 5.91 Å². The first-order chi connectivity index (χ1) is 10.0. The van der Waals surface area contributed by atoms with Gasteiger partial charge in [0, 0.05) is 14.1 Å². The lowest BCUT2D eigenvalue weighted by Crippen LogP contribution is -2.25. The molecule has 8 heteroatoms. The maximum Gasteiger partial charge on any atom is 0.240 e. The second kappa shape index (κ2) is 6.12. The van der Waals surface area contributed by atoms with Crippen molar-refractivity contribution < 1.29 is 4.79 Å². The Kier molecular flexibility index (Phi) is 4.27. The van der Waals surface area contributed by atoms with Crippen molar-refractivity contribution in [2.45, 2.75) is 12.5 Å². The zero-order valence-corrected chi connectivity index (χ0v) is 12.0. The molecule has 0 saturated carbocycles. The Labute approximate surface area is 122 Å². The number of carbonyl (C=O) groups excluding carboxylic acids is 1. The van der Waals surface area contributed by atoms with E-state index in [0.29, 0.717) is 23.4 Å². The van der Waals surface area contributed by atoms with Gasteiger partial charge in [-0.05, 0) is 6.42 Å². The molecule has 2 aromatic heterocycles. The summed E-state index contributed by atoms with van der Waals surface area (Å²) in [5.41, 5.74) is 6.49. The average molecular weight is 287 g/mol. The first-order valence-electron chi connectivity index (χ1n) is 6.33.